The maximum atomic E-state index is 10.1. The van der Waals surface area contributed by atoms with Crippen molar-refractivity contribution < 1.29 is 9.90 Å². The molecule has 1 aromatic heterocycles. The second kappa shape index (κ2) is 3.67. The lowest BCUT2D eigenvalue weighted by atomic mass is 10.2. The van der Waals surface area contributed by atoms with Crippen LogP contribution in [0.1, 0.15) is 11.3 Å². The third-order valence-electron chi connectivity index (χ3n) is 1.33. The molecule has 0 aliphatic carbocycles. The molecule has 3 heteroatoms. The van der Waals surface area contributed by atoms with Crippen molar-refractivity contribution in [2.75, 3.05) is 0 Å². The van der Waals surface area contributed by atoms with Gasteiger partial charge in [0.05, 0.1) is 5.69 Å². The van der Waals surface area contributed by atoms with Gasteiger partial charge in [-0.3, -0.25) is 4.98 Å². The zero-order valence-corrected chi connectivity index (χ0v) is 6.69. The molecule has 0 saturated heterocycles. The number of hydrogen-bond acceptors (Lipinski definition) is 2. The number of rotatable bonds is 2. The zero-order valence-electron chi connectivity index (χ0n) is 6.69. The first-order valence-electron chi connectivity index (χ1n) is 3.52. The molecule has 0 amide bonds. The molecule has 0 bridgehead atoms. The summed E-state index contributed by atoms with van der Waals surface area (Å²) in [6, 6.07) is 3.66. The zero-order chi connectivity index (χ0) is 8.97. The molecular weight excluding hydrogens is 154 g/mol. The average molecular weight is 163 g/mol. The number of hydrogen-bond donors (Lipinski definition) is 1. The van der Waals surface area contributed by atoms with E-state index in [4.69, 9.17) is 5.11 Å². The van der Waals surface area contributed by atoms with Gasteiger partial charge >= 0.3 is 5.97 Å². The van der Waals surface area contributed by atoms with E-state index in [0.29, 0.717) is 5.69 Å². The number of carboxylic acids is 1. The van der Waals surface area contributed by atoms with E-state index in [9.17, 15) is 4.79 Å². The lowest BCUT2D eigenvalue weighted by Crippen LogP contribution is -1.87. The summed E-state index contributed by atoms with van der Waals surface area (Å²) in [5, 5.41) is 8.31. The molecule has 0 aromatic carbocycles. The van der Waals surface area contributed by atoms with E-state index >= 15 is 0 Å². The van der Waals surface area contributed by atoms with E-state index in [2.05, 4.69) is 4.98 Å². The summed E-state index contributed by atoms with van der Waals surface area (Å²) in [6.07, 6.45) is 4.22. The summed E-state index contributed by atoms with van der Waals surface area (Å²) in [5.74, 6) is -0.961. The summed E-state index contributed by atoms with van der Waals surface area (Å²) in [6.45, 7) is 1.93. The van der Waals surface area contributed by atoms with Gasteiger partial charge in [0.15, 0.2) is 0 Å². The van der Waals surface area contributed by atoms with Gasteiger partial charge in [-0.1, -0.05) is 6.07 Å². The minimum atomic E-state index is -0.961. The van der Waals surface area contributed by atoms with Crippen molar-refractivity contribution in [3.63, 3.8) is 0 Å². The fourth-order valence-electron chi connectivity index (χ4n) is 0.735. The van der Waals surface area contributed by atoms with Crippen LogP contribution in [0.5, 0.6) is 0 Å². The highest BCUT2D eigenvalue weighted by Gasteiger charge is 1.89. The third-order valence-corrected chi connectivity index (χ3v) is 1.33. The Balaban J connectivity index is 2.77. The Bertz CT molecular complexity index is 301. The molecule has 0 unspecified atom stereocenters. The first kappa shape index (κ1) is 8.46. The van der Waals surface area contributed by atoms with E-state index in [-0.39, 0.29) is 0 Å². The largest absolute Gasteiger partial charge is 0.478 e. The number of carboxylic acid groups (broad SMARTS) is 1. The van der Waals surface area contributed by atoms with E-state index in [1.165, 1.54) is 6.08 Å². The Morgan fingerprint density at radius 1 is 1.58 bits per heavy atom. The van der Waals surface area contributed by atoms with Crippen LogP contribution in [-0.2, 0) is 4.79 Å². The fourth-order valence-corrected chi connectivity index (χ4v) is 0.735. The molecule has 0 spiro atoms. The maximum Gasteiger partial charge on any atom is 0.328 e. The van der Waals surface area contributed by atoms with Crippen molar-refractivity contribution in [1.29, 1.82) is 0 Å². The maximum absolute atomic E-state index is 10.1. The molecule has 0 aliphatic heterocycles. The van der Waals surface area contributed by atoms with Crippen LogP contribution >= 0.6 is 0 Å². The summed E-state index contributed by atoms with van der Waals surface area (Å²) in [7, 11) is 0. The van der Waals surface area contributed by atoms with Crippen LogP contribution in [0.25, 0.3) is 6.08 Å². The van der Waals surface area contributed by atoms with Crippen molar-refractivity contribution in [3.05, 3.63) is 35.7 Å². The molecule has 0 fully saturated rings. The van der Waals surface area contributed by atoms with Gasteiger partial charge in [-0.15, -0.1) is 0 Å². The van der Waals surface area contributed by atoms with Crippen molar-refractivity contribution in [2.45, 2.75) is 6.92 Å². The van der Waals surface area contributed by atoms with Crippen LogP contribution in [0.15, 0.2) is 24.4 Å². The Hall–Kier alpha value is -1.64. The van der Waals surface area contributed by atoms with Gasteiger partial charge in [-0.25, -0.2) is 4.79 Å². The number of aryl methyl sites for hydroxylation is 1. The smallest absolute Gasteiger partial charge is 0.328 e. The number of nitrogens with zero attached hydrogens (tertiary/aromatic N) is 1. The molecule has 1 aromatic rings. The summed E-state index contributed by atoms with van der Waals surface area (Å²) in [5.41, 5.74) is 1.71. The normalized spacial score (nSPS) is 10.4. The van der Waals surface area contributed by atoms with Crippen molar-refractivity contribution in [3.8, 4) is 0 Å². The van der Waals surface area contributed by atoms with Gasteiger partial charge in [-0.2, -0.15) is 0 Å². The topological polar surface area (TPSA) is 50.2 Å². The van der Waals surface area contributed by atoms with Crippen LogP contribution in [-0.4, -0.2) is 16.1 Å². The molecule has 0 radical (unpaired) electrons. The fraction of sp³-hybridized carbons (Fsp3) is 0.111. The Kier molecular flexibility index (Phi) is 2.58. The second-order valence-electron chi connectivity index (χ2n) is 2.43. The van der Waals surface area contributed by atoms with Gasteiger partial charge in [0.1, 0.15) is 0 Å². The minimum absolute atomic E-state index is 0.656. The monoisotopic (exact) mass is 163 g/mol. The van der Waals surface area contributed by atoms with Crippen LogP contribution in [0.2, 0.25) is 0 Å². The predicted molar refractivity (Wildman–Crippen MR) is 45.6 cm³/mol. The van der Waals surface area contributed by atoms with E-state index in [1.807, 2.05) is 13.0 Å². The highest BCUT2D eigenvalue weighted by molar-refractivity contribution is 5.84. The van der Waals surface area contributed by atoms with Crippen molar-refractivity contribution in [1.82, 2.24) is 4.98 Å². The number of pyridine rings is 1. The van der Waals surface area contributed by atoms with Crippen LogP contribution in [0.3, 0.4) is 0 Å². The predicted octanol–water partition coefficient (Wildman–Crippen LogP) is 1.49. The summed E-state index contributed by atoms with van der Waals surface area (Å²) in [4.78, 5) is 14.1. The number of carbonyl (C=O) groups is 1. The molecule has 62 valence electrons. The highest BCUT2D eigenvalue weighted by Crippen LogP contribution is 1.99. The Morgan fingerprint density at radius 3 is 2.83 bits per heavy atom. The SMILES string of the molecule is Cc1ccc(/C=C\C(=O)O)nc1. The quantitative estimate of drug-likeness (QED) is 0.672. The highest BCUT2D eigenvalue weighted by atomic mass is 16.4. The Morgan fingerprint density at radius 2 is 2.33 bits per heavy atom. The Labute approximate surface area is 70.4 Å². The second-order valence-corrected chi connectivity index (χ2v) is 2.43. The standard InChI is InChI=1S/C9H9NO2/c1-7-2-3-8(10-6-7)4-5-9(11)12/h2-6H,1H3,(H,11,12)/b5-4-. The lowest BCUT2D eigenvalue weighted by molar-refractivity contribution is -0.131. The summed E-state index contributed by atoms with van der Waals surface area (Å²) < 4.78 is 0. The molecule has 0 atom stereocenters. The van der Waals surface area contributed by atoms with Gasteiger partial charge in [0.25, 0.3) is 0 Å². The van der Waals surface area contributed by atoms with E-state index in [1.54, 1.807) is 12.3 Å². The van der Waals surface area contributed by atoms with E-state index < -0.39 is 5.97 Å². The number of aromatic nitrogens is 1. The molecule has 12 heavy (non-hydrogen) atoms. The minimum Gasteiger partial charge on any atom is -0.478 e. The van der Waals surface area contributed by atoms with Gasteiger partial charge < -0.3 is 5.11 Å². The van der Waals surface area contributed by atoms with Crippen molar-refractivity contribution >= 4 is 12.0 Å². The van der Waals surface area contributed by atoms with E-state index in [0.717, 1.165) is 11.6 Å². The molecule has 0 saturated carbocycles. The summed E-state index contributed by atoms with van der Waals surface area (Å²) >= 11 is 0. The molecular formula is C9H9NO2. The first-order chi connectivity index (χ1) is 5.68. The molecule has 1 N–H and O–H groups in total. The van der Waals surface area contributed by atoms with Crippen molar-refractivity contribution in [2.24, 2.45) is 0 Å². The molecule has 0 aliphatic rings. The molecule has 1 heterocycles. The van der Waals surface area contributed by atoms with Crippen LogP contribution in [0, 0.1) is 6.92 Å². The third kappa shape index (κ3) is 2.54. The average Bonchev–Trinajstić information content (AvgIpc) is 2.03. The first-order valence-corrected chi connectivity index (χ1v) is 3.52. The number of aliphatic carboxylic acids is 1. The molecule has 3 nitrogen and oxygen atoms in total. The van der Waals surface area contributed by atoms with Crippen LogP contribution < -0.4 is 0 Å². The van der Waals surface area contributed by atoms with Gasteiger partial charge in [0.2, 0.25) is 0 Å². The van der Waals surface area contributed by atoms with Gasteiger partial charge in [0, 0.05) is 12.3 Å². The van der Waals surface area contributed by atoms with Crippen LogP contribution in [0.4, 0.5) is 0 Å². The molecule has 1 rings (SSSR count). The van der Waals surface area contributed by atoms with Gasteiger partial charge in [-0.05, 0) is 24.6 Å². The lowest BCUT2D eigenvalue weighted by Gasteiger charge is -1.91.